The smallest absolute Gasteiger partial charge is 0.139 e. The molecule has 0 fully saturated rings. The van der Waals surface area contributed by atoms with E-state index >= 15 is 0 Å². The summed E-state index contributed by atoms with van der Waals surface area (Å²) in [5.74, 6) is 0.0884. The topological polar surface area (TPSA) is 60.9 Å². The highest BCUT2D eigenvalue weighted by atomic mass is 35.5. The lowest BCUT2D eigenvalue weighted by Gasteiger charge is -2.16. The van der Waals surface area contributed by atoms with Gasteiger partial charge in [-0.25, -0.2) is 0 Å². The number of ketones is 1. The minimum Gasteiger partial charge on any atom is -0.325 e. The summed E-state index contributed by atoms with van der Waals surface area (Å²) in [5.41, 5.74) is 6.93. The first-order valence-corrected chi connectivity index (χ1v) is 5.57. The Kier molecular flexibility index (Phi) is 3.76. The molecule has 0 aliphatic rings. The van der Waals surface area contributed by atoms with E-state index in [4.69, 9.17) is 17.3 Å². The first-order valence-electron chi connectivity index (χ1n) is 5.19. The molecule has 0 aliphatic heterocycles. The lowest BCUT2D eigenvalue weighted by molar-refractivity contribution is -0.119. The van der Waals surface area contributed by atoms with Crippen LogP contribution in [-0.2, 0) is 18.3 Å². The van der Waals surface area contributed by atoms with E-state index in [0.717, 1.165) is 11.3 Å². The van der Waals surface area contributed by atoms with Crippen LogP contribution < -0.4 is 5.73 Å². The molecule has 1 aromatic rings. The lowest BCUT2D eigenvalue weighted by Crippen LogP contribution is -2.35. The normalized spacial score (nSPS) is 11.9. The van der Waals surface area contributed by atoms with Crippen LogP contribution in [-0.4, -0.2) is 21.1 Å². The molecule has 90 valence electrons. The Morgan fingerprint density at radius 2 is 2.12 bits per heavy atom. The van der Waals surface area contributed by atoms with E-state index in [1.54, 1.807) is 11.7 Å². The molecule has 1 aromatic heterocycles. The highest BCUT2D eigenvalue weighted by molar-refractivity contribution is 6.30. The average Bonchev–Trinajstić information content (AvgIpc) is 2.29. The quantitative estimate of drug-likeness (QED) is 0.874. The Morgan fingerprint density at radius 1 is 1.56 bits per heavy atom. The number of rotatable bonds is 4. The van der Waals surface area contributed by atoms with Crippen LogP contribution in [0.15, 0.2) is 0 Å². The summed E-state index contributed by atoms with van der Waals surface area (Å²) >= 11 is 6.05. The van der Waals surface area contributed by atoms with Crippen LogP contribution in [0.3, 0.4) is 0 Å². The van der Waals surface area contributed by atoms with Gasteiger partial charge in [-0.1, -0.05) is 11.6 Å². The van der Waals surface area contributed by atoms with Gasteiger partial charge in [0.15, 0.2) is 0 Å². The zero-order chi connectivity index (χ0) is 12.5. The lowest BCUT2D eigenvalue weighted by atomic mass is 9.96. The minimum absolute atomic E-state index is 0.0884. The number of halogens is 1. The van der Waals surface area contributed by atoms with Gasteiger partial charge in [0.1, 0.15) is 10.9 Å². The van der Waals surface area contributed by atoms with Gasteiger partial charge in [-0.05, 0) is 20.8 Å². The fourth-order valence-corrected chi connectivity index (χ4v) is 1.88. The zero-order valence-corrected chi connectivity index (χ0v) is 10.9. The first-order chi connectivity index (χ1) is 7.20. The van der Waals surface area contributed by atoms with E-state index < -0.39 is 5.54 Å². The number of carbonyl (C=O) groups excluding carboxylic acids is 1. The second kappa shape index (κ2) is 4.55. The van der Waals surface area contributed by atoms with Crippen LogP contribution in [0.4, 0.5) is 0 Å². The number of aryl methyl sites for hydroxylation is 2. The number of nitrogens with zero attached hydrogens (tertiary/aromatic N) is 2. The second-order valence-electron chi connectivity index (χ2n) is 4.86. The van der Waals surface area contributed by atoms with Crippen molar-refractivity contribution in [3.63, 3.8) is 0 Å². The van der Waals surface area contributed by atoms with E-state index in [9.17, 15) is 4.79 Å². The van der Waals surface area contributed by atoms with Crippen molar-refractivity contribution in [2.75, 3.05) is 0 Å². The maximum atomic E-state index is 11.8. The standard InChI is InChI=1S/C11H18ClN3O/c1-7-9(10(12)15(4)14-7)5-8(16)6-11(2,3)13/h5-6,13H2,1-4H3. The van der Waals surface area contributed by atoms with Crippen LogP contribution in [0.2, 0.25) is 5.15 Å². The highest BCUT2D eigenvalue weighted by Gasteiger charge is 2.20. The molecule has 5 heteroatoms. The van der Waals surface area contributed by atoms with Crippen LogP contribution in [0, 0.1) is 6.92 Å². The van der Waals surface area contributed by atoms with Crippen molar-refractivity contribution in [2.45, 2.75) is 39.2 Å². The van der Waals surface area contributed by atoms with Gasteiger partial charge in [-0.15, -0.1) is 0 Å². The van der Waals surface area contributed by atoms with E-state index in [1.807, 2.05) is 20.8 Å². The van der Waals surface area contributed by atoms with E-state index in [2.05, 4.69) is 5.10 Å². The van der Waals surface area contributed by atoms with Crippen LogP contribution in [0.25, 0.3) is 0 Å². The van der Waals surface area contributed by atoms with Crippen LogP contribution in [0.5, 0.6) is 0 Å². The second-order valence-corrected chi connectivity index (χ2v) is 5.22. The van der Waals surface area contributed by atoms with Gasteiger partial charge in [-0.3, -0.25) is 9.48 Å². The third-order valence-electron chi connectivity index (χ3n) is 2.30. The van der Waals surface area contributed by atoms with Gasteiger partial charge >= 0.3 is 0 Å². The molecule has 0 unspecified atom stereocenters. The molecule has 4 nitrogen and oxygen atoms in total. The molecule has 2 N–H and O–H groups in total. The van der Waals surface area contributed by atoms with Crippen molar-refractivity contribution in [3.05, 3.63) is 16.4 Å². The minimum atomic E-state index is -0.473. The zero-order valence-electron chi connectivity index (χ0n) is 10.2. The Labute approximate surface area is 101 Å². The van der Waals surface area contributed by atoms with Gasteiger partial charge in [-0.2, -0.15) is 5.10 Å². The number of nitrogens with two attached hydrogens (primary N) is 1. The molecule has 0 amide bonds. The number of aromatic nitrogens is 2. The van der Waals surface area contributed by atoms with E-state index in [-0.39, 0.29) is 5.78 Å². The maximum Gasteiger partial charge on any atom is 0.139 e. The van der Waals surface area contributed by atoms with Gasteiger partial charge in [0, 0.05) is 31.0 Å². The Balaban J connectivity index is 2.78. The fraction of sp³-hybridized carbons (Fsp3) is 0.636. The Hall–Kier alpha value is -0.870. The summed E-state index contributed by atoms with van der Waals surface area (Å²) in [6, 6.07) is 0. The van der Waals surface area contributed by atoms with E-state index in [0.29, 0.717) is 18.0 Å². The number of Topliss-reactive ketones (excluding diaryl/α,β-unsaturated/α-hetero) is 1. The molecule has 0 saturated heterocycles. The van der Waals surface area contributed by atoms with Crippen molar-refractivity contribution < 1.29 is 4.79 Å². The molecule has 1 heterocycles. The average molecular weight is 244 g/mol. The van der Waals surface area contributed by atoms with Gasteiger partial charge < -0.3 is 5.73 Å². The predicted octanol–water partition coefficient (Wildman–Crippen LogP) is 1.62. The first kappa shape index (κ1) is 13.2. The molecule has 1 rings (SSSR count). The van der Waals surface area contributed by atoms with Crippen LogP contribution in [0.1, 0.15) is 31.5 Å². The van der Waals surface area contributed by atoms with Crippen molar-refractivity contribution >= 4 is 17.4 Å². The molecule has 0 saturated carbocycles. The van der Waals surface area contributed by atoms with Crippen molar-refractivity contribution in [1.29, 1.82) is 0 Å². The van der Waals surface area contributed by atoms with Gasteiger partial charge in [0.05, 0.1) is 5.69 Å². The van der Waals surface area contributed by atoms with Crippen molar-refractivity contribution in [3.8, 4) is 0 Å². The SMILES string of the molecule is Cc1nn(C)c(Cl)c1CC(=O)CC(C)(C)N. The summed E-state index contributed by atoms with van der Waals surface area (Å²) in [7, 11) is 1.76. The fourth-order valence-electron chi connectivity index (χ4n) is 1.64. The third kappa shape index (κ3) is 3.32. The summed E-state index contributed by atoms with van der Waals surface area (Å²) in [5, 5.41) is 4.69. The number of hydrogen-bond donors (Lipinski definition) is 1. The summed E-state index contributed by atoms with van der Waals surface area (Å²) in [6.07, 6.45) is 0.650. The largest absolute Gasteiger partial charge is 0.325 e. The molecular formula is C11H18ClN3O. The van der Waals surface area contributed by atoms with Gasteiger partial charge in [0.2, 0.25) is 0 Å². The Bertz CT molecular complexity index is 404. The molecule has 0 aliphatic carbocycles. The number of carbonyl (C=O) groups is 1. The molecule has 0 aromatic carbocycles. The molecule has 0 atom stereocenters. The monoisotopic (exact) mass is 243 g/mol. The summed E-state index contributed by atoms with van der Waals surface area (Å²) in [6.45, 7) is 5.52. The van der Waals surface area contributed by atoms with Gasteiger partial charge in [0.25, 0.3) is 0 Å². The molecule has 0 spiro atoms. The van der Waals surface area contributed by atoms with Crippen LogP contribution >= 0.6 is 11.6 Å². The third-order valence-corrected chi connectivity index (χ3v) is 2.77. The maximum absolute atomic E-state index is 11.8. The van der Waals surface area contributed by atoms with Crippen molar-refractivity contribution in [1.82, 2.24) is 9.78 Å². The molecule has 0 bridgehead atoms. The Morgan fingerprint density at radius 3 is 2.50 bits per heavy atom. The van der Waals surface area contributed by atoms with Crippen molar-refractivity contribution in [2.24, 2.45) is 12.8 Å². The van der Waals surface area contributed by atoms with E-state index in [1.165, 1.54) is 0 Å². The molecule has 16 heavy (non-hydrogen) atoms. The summed E-state index contributed by atoms with van der Waals surface area (Å²) < 4.78 is 1.58. The highest BCUT2D eigenvalue weighted by Crippen LogP contribution is 2.20. The number of hydrogen-bond acceptors (Lipinski definition) is 3. The molecule has 0 radical (unpaired) electrons. The summed E-state index contributed by atoms with van der Waals surface area (Å²) in [4.78, 5) is 11.8. The predicted molar refractivity (Wildman–Crippen MR) is 64.5 cm³/mol. The molecular weight excluding hydrogens is 226 g/mol.